The molecule has 2 heterocycles. The molecule has 0 atom stereocenters. The van der Waals surface area contributed by atoms with Gasteiger partial charge in [-0.25, -0.2) is 4.79 Å². The van der Waals surface area contributed by atoms with Crippen molar-refractivity contribution in [1.82, 2.24) is 19.4 Å². The topological polar surface area (TPSA) is 96.7 Å². The van der Waals surface area contributed by atoms with Crippen molar-refractivity contribution in [3.63, 3.8) is 0 Å². The third-order valence-corrected chi connectivity index (χ3v) is 8.02. The molecular weight excluding hydrogens is 554 g/mol. The summed E-state index contributed by atoms with van der Waals surface area (Å²) in [5.41, 5.74) is 1.50. The van der Waals surface area contributed by atoms with Gasteiger partial charge in [-0.05, 0) is 48.7 Å². The van der Waals surface area contributed by atoms with E-state index in [0.717, 1.165) is 11.3 Å². The summed E-state index contributed by atoms with van der Waals surface area (Å²) in [6.45, 7) is 2.87. The summed E-state index contributed by atoms with van der Waals surface area (Å²) in [7, 11) is 0. The van der Waals surface area contributed by atoms with Crippen LogP contribution in [0.1, 0.15) is 24.8 Å². The first-order chi connectivity index (χ1) is 20.4. The van der Waals surface area contributed by atoms with Crippen LogP contribution in [-0.2, 0) is 29.2 Å². The molecule has 0 radical (unpaired) electrons. The molecule has 10 heteroatoms. The summed E-state index contributed by atoms with van der Waals surface area (Å²) < 4.78 is 2.59. The number of para-hydroxylation sites is 2. The molecule has 0 bridgehead atoms. The van der Waals surface area contributed by atoms with Crippen molar-refractivity contribution in [3.05, 3.63) is 110 Å². The van der Waals surface area contributed by atoms with Gasteiger partial charge in [-0.15, -0.1) is 0 Å². The van der Waals surface area contributed by atoms with Crippen molar-refractivity contribution in [2.75, 3.05) is 31.1 Å². The summed E-state index contributed by atoms with van der Waals surface area (Å²) in [6, 6.07) is 24.3. The van der Waals surface area contributed by atoms with Crippen molar-refractivity contribution in [2.45, 2.75) is 38.9 Å². The minimum absolute atomic E-state index is 0.129. The van der Waals surface area contributed by atoms with Crippen molar-refractivity contribution in [1.29, 1.82) is 0 Å². The molecule has 0 spiro atoms. The summed E-state index contributed by atoms with van der Waals surface area (Å²) in [4.78, 5) is 56.5. The Morgan fingerprint density at radius 2 is 1.48 bits per heavy atom. The van der Waals surface area contributed by atoms with E-state index < -0.39 is 5.69 Å². The van der Waals surface area contributed by atoms with Crippen LogP contribution >= 0.6 is 11.6 Å². The third-order valence-electron chi connectivity index (χ3n) is 7.65. The number of carbonyl (C=O) groups excluding carboxylic acids is 2. The lowest BCUT2D eigenvalue weighted by molar-refractivity contribution is -0.132. The van der Waals surface area contributed by atoms with Crippen LogP contribution in [0.5, 0.6) is 0 Å². The molecular formula is C32H34ClN5O4. The van der Waals surface area contributed by atoms with E-state index in [2.05, 4.69) is 22.3 Å². The minimum Gasteiger partial charge on any atom is -0.368 e. The number of nitrogens with zero attached hydrogens (tertiary/aromatic N) is 4. The number of carbonyl (C=O) groups is 2. The molecule has 5 rings (SSSR count). The highest BCUT2D eigenvalue weighted by Gasteiger charge is 2.23. The highest BCUT2D eigenvalue weighted by molar-refractivity contribution is 6.31. The van der Waals surface area contributed by atoms with E-state index >= 15 is 0 Å². The molecule has 3 aromatic carbocycles. The standard InChI is InChI=1S/C32H34ClN5O4/c33-27-14-6-4-10-24(27)22-34-29(39)16-8-9-17-37-31(41)26-13-5-7-15-28(26)38(32(37)42)23-30(40)36-20-18-35(19-21-36)25-11-2-1-3-12-25/h1-7,10-15H,8-9,16-23H2,(H,34,39). The first-order valence-electron chi connectivity index (χ1n) is 14.2. The summed E-state index contributed by atoms with van der Waals surface area (Å²) in [5, 5.41) is 3.84. The van der Waals surface area contributed by atoms with Crippen molar-refractivity contribution >= 4 is 40.0 Å². The Hall–Kier alpha value is -4.37. The second kappa shape index (κ2) is 13.5. The maximum atomic E-state index is 13.5. The zero-order valence-electron chi connectivity index (χ0n) is 23.4. The number of nitrogens with one attached hydrogen (secondary N) is 1. The molecule has 42 heavy (non-hydrogen) atoms. The van der Waals surface area contributed by atoms with E-state index in [1.165, 1.54) is 9.13 Å². The number of fused-ring (bicyclic) bond motifs is 1. The van der Waals surface area contributed by atoms with E-state index in [4.69, 9.17) is 11.6 Å². The van der Waals surface area contributed by atoms with Crippen LogP contribution in [0.25, 0.3) is 10.9 Å². The number of anilines is 1. The monoisotopic (exact) mass is 587 g/mol. The van der Waals surface area contributed by atoms with Gasteiger partial charge in [0, 0.05) is 56.4 Å². The second-order valence-corrected chi connectivity index (χ2v) is 10.8. The number of amides is 2. The molecule has 4 aromatic rings. The number of hydrogen-bond acceptors (Lipinski definition) is 5. The van der Waals surface area contributed by atoms with E-state index in [9.17, 15) is 19.2 Å². The molecule has 1 saturated heterocycles. The number of aromatic nitrogens is 2. The zero-order chi connectivity index (χ0) is 29.5. The number of hydrogen-bond donors (Lipinski definition) is 1. The fourth-order valence-corrected chi connectivity index (χ4v) is 5.49. The van der Waals surface area contributed by atoms with Gasteiger partial charge in [0.05, 0.1) is 10.9 Å². The highest BCUT2D eigenvalue weighted by atomic mass is 35.5. The fraction of sp³-hybridized carbons (Fsp3) is 0.312. The Balaban J connectivity index is 1.22. The van der Waals surface area contributed by atoms with E-state index in [-0.39, 0.29) is 36.9 Å². The maximum absolute atomic E-state index is 13.5. The fourth-order valence-electron chi connectivity index (χ4n) is 5.29. The van der Waals surface area contributed by atoms with Gasteiger partial charge in [0.1, 0.15) is 6.54 Å². The van der Waals surface area contributed by atoms with Crippen LogP contribution in [-0.4, -0.2) is 52.0 Å². The molecule has 218 valence electrons. The summed E-state index contributed by atoms with van der Waals surface area (Å²) in [6.07, 6.45) is 1.22. The SMILES string of the molecule is O=C(CCCCn1c(=O)c2ccccc2n(CC(=O)N2CCN(c3ccccc3)CC2)c1=O)NCc1ccccc1Cl. The Morgan fingerprint density at radius 1 is 0.786 bits per heavy atom. The van der Waals surface area contributed by atoms with E-state index in [1.54, 1.807) is 35.2 Å². The predicted octanol–water partition coefficient (Wildman–Crippen LogP) is 3.65. The van der Waals surface area contributed by atoms with Gasteiger partial charge in [-0.3, -0.25) is 23.5 Å². The van der Waals surface area contributed by atoms with Gasteiger partial charge in [0.15, 0.2) is 0 Å². The molecule has 0 aliphatic carbocycles. The quantitative estimate of drug-likeness (QED) is 0.286. The smallest absolute Gasteiger partial charge is 0.331 e. The third kappa shape index (κ3) is 6.74. The van der Waals surface area contributed by atoms with Crippen molar-refractivity contribution in [3.8, 4) is 0 Å². The Bertz CT molecular complexity index is 1680. The second-order valence-electron chi connectivity index (χ2n) is 10.4. The zero-order valence-corrected chi connectivity index (χ0v) is 24.1. The molecule has 1 aliphatic heterocycles. The molecule has 1 aromatic heterocycles. The molecule has 0 unspecified atom stereocenters. The van der Waals surface area contributed by atoms with Crippen LogP contribution in [0.15, 0.2) is 88.5 Å². The molecule has 1 N–H and O–H groups in total. The van der Waals surface area contributed by atoms with Gasteiger partial charge >= 0.3 is 5.69 Å². The normalized spacial score (nSPS) is 13.4. The van der Waals surface area contributed by atoms with Crippen LogP contribution in [0.3, 0.4) is 0 Å². The molecule has 9 nitrogen and oxygen atoms in total. The molecule has 1 aliphatic rings. The van der Waals surface area contributed by atoms with Gasteiger partial charge in [0.2, 0.25) is 11.8 Å². The van der Waals surface area contributed by atoms with Crippen molar-refractivity contribution in [2.24, 2.45) is 0 Å². The van der Waals surface area contributed by atoms with Gasteiger partial charge < -0.3 is 15.1 Å². The minimum atomic E-state index is -0.516. The lowest BCUT2D eigenvalue weighted by Gasteiger charge is -2.36. The van der Waals surface area contributed by atoms with Gasteiger partial charge in [-0.2, -0.15) is 0 Å². The lowest BCUT2D eigenvalue weighted by Crippen LogP contribution is -2.50. The summed E-state index contributed by atoms with van der Waals surface area (Å²) >= 11 is 6.15. The molecule has 0 saturated carbocycles. The Morgan fingerprint density at radius 3 is 2.24 bits per heavy atom. The molecule has 2 amide bonds. The average molecular weight is 588 g/mol. The van der Waals surface area contributed by atoms with Gasteiger partial charge in [-0.1, -0.05) is 60.1 Å². The number of piperazine rings is 1. The molecule has 1 fully saturated rings. The number of unbranched alkanes of at least 4 members (excludes halogenated alkanes) is 1. The predicted molar refractivity (Wildman–Crippen MR) is 165 cm³/mol. The van der Waals surface area contributed by atoms with E-state index in [0.29, 0.717) is 61.5 Å². The van der Waals surface area contributed by atoms with Crippen LogP contribution in [0.4, 0.5) is 5.69 Å². The van der Waals surface area contributed by atoms with E-state index in [1.807, 2.05) is 36.4 Å². The highest BCUT2D eigenvalue weighted by Crippen LogP contribution is 2.17. The van der Waals surface area contributed by atoms with Crippen LogP contribution < -0.4 is 21.5 Å². The maximum Gasteiger partial charge on any atom is 0.331 e. The lowest BCUT2D eigenvalue weighted by atomic mass is 10.2. The van der Waals surface area contributed by atoms with Crippen LogP contribution in [0, 0.1) is 0 Å². The first-order valence-corrected chi connectivity index (χ1v) is 14.6. The number of halogens is 1. The Labute approximate surface area is 248 Å². The van der Waals surface area contributed by atoms with Crippen molar-refractivity contribution < 1.29 is 9.59 Å². The Kier molecular flexibility index (Phi) is 9.38. The van der Waals surface area contributed by atoms with Crippen LogP contribution in [0.2, 0.25) is 5.02 Å². The largest absolute Gasteiger partial charge is 0.368 e. The van der Waals surface area contributed by atoms with Gasteiger partial charge in [0.25, 0.3) is 5.56 Å². The number of rotatable bonds is 10. The average Bonchev–Trinajstić information content (AvgIpc) is 3.02. The number of benzene rings is 3. The summed E-state index contributed by atoms with van der Waals surface area (Å²) in [5.74, 6) is -0.286. The first kappa shape index (κ1) is 29.1.